The summed E-state index contributed by atoms with van der Waals surface area (Å²) in [5.74, 6) is 0.0772. The van der Waals surface area contributed by atoms with E-state index in [1.54, 1.807) is 12.4 Å². The van der Waals surface area contributed by atoms with Gasteiger partial charge in [-0.1, -0.05) is 18.2 Å². The van der Waals surface area contributed by atoms with E-state index in [-0.39, 0.29) is 11.9 Å². The highest BCUT2D eigenvalue weighted by atomic mass is 16.2. The van der Waals surface area contributed by atoms with Crippen molar-refractivity contribution >= 4 is 5.91 Å². The first-order valence-corrected chi connectivity index (χ1v) is 8.14. The van der Waals surface area contributed by atoms with Gasteiger partial charge in [0.25, 0.3) is 5.91 Å². The Morgan fingerprint density at radius 2 is 1.92 bits per heavy atom. The lowest BCUT2D eigenvalue weighted by Crippen LogP contribution is -2.31. The highest BCUT2D eigenvalue weighted by Gasteiger charge is 2.33. The number of aromatic nitrogens is 3. The molecule has 2 aromatic heterocycles. The summed E-state index contributed by atoms with van der Waals surface area (Å²) in [4.78, 5) is 18.9. The molecule has 5 heteroatoms. The minimum Gasteiger partial charge on any atom is -0.330 e. The van der Waals surface area contributed by atoms with E-state index in [0.717, 1.165) is 41.8 Å². The third kappa shape index (κ3) is 2.58. The van der Waals surface area contributed by atoms with Crippen LogP contribution in [0.5, 0.6) is 0 Å². The number of H-pyrrole nitrogens is 1. The minimum atomic E-state index is 0.0309. The second-order valence-corrected chi connectivity index (χ2v) is 5.96. The number of carbonyl (C=O) groups excluding carboxylic acids is 1. The summed E-state index contributed by atoms with van der Waals surface area (Å²) < 4.78 is 0. The molecule has 0 spiro atoms. The van der Waals surface area contributed by atoms with Crippen LogP contribution in [0.15, 0.2) is 61.1 Å². The molecule has 1 aliphatic rings. The van der Waals surface area contributed by atoms with E-state index in [2.05, 4.69) is 15.2 Å². The number of likely N-dealkylation sites (tertiary alicyclic amines) is 1. The van der Waals surface area contributed by atoms with Gasteiger partial charge in [-0.3, -0.25) is 14.9 Å². The summed E-state index contributed by atoms with van der Waals surface area (Å²) in [5.41, 5.74) is 3.83. The van der Waals surface area contributed by atoms with Crippen molar-refractivity contribution in [2.24, 2.45) is 0 Å². The Balaban J connectivity index is 1.67. The molecule has 5 nitrogen and oxygen atoms in total. The molecule has 1 amide bonds. The number of hydrogen-bond acceptors (Lipinski definition) is 3. The molecule has 3 heterocycles. The third-order valence-corrected chi connectivity index (χ3v) is 4.53. The fraction of sp³-hybridized carbons (Fsp3) is 0.211. The van der Waals surface area contributed by atoms with Gasteiger partial charge in [0.2, 0.25) is 0 Å². The van der Waals surface area contributed by atoms with Crippen molar-refractivity contribution in [3.8, 4) is 11.1 Å². The maximum Gasteiger partial charge on any atom is 0.254 e. The van der Waals surface area contributed by atoms with E-state index in [9.17, 15) is 4.79 Å². The predicted molar refractivity (Wildman–Crippen MR) is 91.3 cm³/mol. The van der Waals surface area contributed by atoms with Gasteiger partial charge in [-0.25, -0.2) is 0 Å². The first kappa shape index (κ1) is 14.6. The topological polar surface area (TPSA) is 61.9 Å². The molecule has 24 heavy (non-hydrogen) atoms. The molecule has 1 aromatic carbocycles. The second-order valence-electron chi connectivity index (χ2n) is 5.96. The lowest BCUT2D eigenvalue weighted by molar-refractivity contribution is 0.0733. The number of pyridine rings is 1. The molecule has 0 bridgehead atoms. The molecule has 1 aliphatic heterocycles. The van der Waals surface area contributed by atoms with Crippen LogP contribution in [0, 0.1) is 0 Å². The van der Waals surface area contributed by atoms with Gasteiger partial charge in [0, 0.05) is 30.1 Å². The molecule has 1 N–H and O–H groups in total. The molecule has 0 saturated carbocycles. The van der Waals surface area contributed by atoms with Gasteiger partial charge >= 0.3 is 0 Å². The van der Waals surface area contributed by atoms with E-state index in [0.29, 0.717) is 0 Å². The number of aromatic amines is 1. The van der Waals surface area contributed by atoms with Gasteiger partial charge in [-0.15, -0.1) is 0 Å². The van der Waals surface area contributed by atoms with Crippen molar-refractivity contribution in [1.82, 2.24) is 20.1 Å². The SMILES string of the molecule is O=C(c1ccccc1)N1CCC[C@@H]1c1[nH]ncc1-c1ccncc1. The normalized spacial score (nSPS) is 17.2. The fourth-order valence-electron chi connectivity index (χ4n) is 3.37. The number of carbonyl (C=O) groups is 1. The van der Waals surface area contributed by atoms with Crippen LogP contribution in [0.4, 0.5) is 0 Å². The molecule has 0 unspecified atom stereocenters. The largest absolute Gasteiger partial charge is 0.330 e. The van der Waals surface area contributed by atoms with Crippen molar-refractivity contribution < 1.29 is 4.79 Å². The molecule has 0 aliphatic carbocycles. The first-order valence-electron chi connectivity index (χ1n) is 8.14. The number of nitrogens with zero attached hydrogens (tertiary/aromatic N) is 3. The molecule has 0 radical (unpaired) electrons. The predicted octanol–water partition coefficient (Wildman–Crippen LogP) is 3.45. The zero-order valence-corrected chi connectivity index (χ0v) is 13.2. The number of amides is 1. The molecule has 3 aromatic rings. The van der Waals surface area contributed by atoms with Crippen LogP contribution in [0.25, 0.3) is 11.1 Å². The van der Waals surface area contributed by atoms with Crippen molar-refractivity contribution in [2.75, 3.05) is 6.54 Å². The summed E-state index contributed by atoms with van der Waals surface area (Å²) >= 11 is 0. The highest BCUT2D eigenvalue weighted by molar-refractivity contribution is 5.94. The Morgan fingerprint density at radius 3 is 2.71 bits per heavy atom. The maximum atomic E-state index is 12.9. The van der Waals surface area contributed by atoms with Gasteiger partial charge in [-0.05, 0) is 42.7 Å². The summed E-state index contributed by atoms with van der Waals surface area (Å²) in [6.07, 6.45) is 7.31. The van der Waals surface area contributed by atoms with Crippen LogP contribution in [0.3, 0.4) is 0 Å². The van der Waals surface area contributed by atoms with E-state index in [1.807, 2.05) is 53.6 Å². The van der Waals surface area contributed by atoms with E-state index >= 15 is 0 Å². The van der Waals surface area contributed by atoms with Crippen LogP contribution in [0.1, 0.15) is 34.9 Å². The van der Waals surface area contributed by atoms with Gasteiger partial charge in [0.15, 0.2) is 0 Å². The van der Waals surface area contributed by atoms with Crippen molar-refractivity contribution in [2.45, 2.75) is 18.9 Å². The molecular formula is C19H18N4O. The molecule has 120 valence electrons. The lowest BCUT2D eigenvalue weighted by atomic mass is 10.0. The maximum absolute atomic E-state index is 12.9. The number of nitrogens with one attached hydrogen (secondary N) is 1. The summed E-state index contributed by atoms with van der Waals surface area (Å²) in [5, 5.41) is 7.34. The summed E-state index contributed by atoms with van der Waals surface area (Å²) in [6, 6.07) is 13.4. The first-order chi connectivity index (χ1) is 11.8. The molecule has 4 rings (SSSR count). The molecule has 1 fully saturated rings. The average Bonchev–Trinajstić information content (AvgIpc) is 3.31. The van der Waals surface area contributed by atoms with Crippen LogP contribution >= 0.6 is 0 Å². The number of hydrogen-bond donors (Lipinski definition) is 1. The standard InChI is InChI=1S/C19H18N4O/c24-19(15-5-2-1-3-6-15)23-12-4-7-17(23)18-16(13-21-22-18)14-8-10-20-11-9-14/h1-3,5-6,8-11,13,17H,4,7,12H2,(H,21,22)/t17-/m1/s1. The molecular weight excluding hydrogens is 300 g/mol. The Labute approximate surface area is 140 Å². The zero-order valence-electron chi connectivity index (χ0n) is 13.2. The van der Waals surface area contributed by atoms with Crippen LogP contribution in [-0.2, 0) is 0 Å². The van der Waals surface area contributed by atoms with Gasteiger partial charge in [0.05, 0.1) is 17.9 Å². The van der Waals surface area contributed by atoms with Gasteiger partial charge < -0.3 is 4.90 Å². The van der Waals surface area contributed by atoms with Crippen LogP contribution < -0.4 is 0 Å². The monoisotopic (exact) mass is 318 g/mol. The molecule has 1 atom stereocenters. The van der Waals surface area contributed by atoms with Crippen LogP contribution in [0.2, 0.25) is 0 Å². The average molecular weight is 318 g/mol. The fourth-order valence-corrected chi connectivity index (χ4v) is 3.37. The van der Waals surface area contributed by atoms with E-state index < -0.39 is 0 Å². The summed E-state index contributed by atoms with van der Waals surface area (Å²) in [7, 11) is 0. The smallest absolute Gasteiger partial charge is 0.254 e. The van der Waals surface area contributed by atoms with Crippen LogP contribution in [-0.4, -0.2) is 32.5 Å². The Hall–Kier alpha value is -2.95. The van der Waals surface area contributed by atoms with Crippen molar-refractivity contribution in [3.05, 3.63) is 72.3 Å². The quantitative estimate of drug-likeness (QED) is 0.804. The minimum absolute atomic E-state index is 0.0309. The number of benzene rings is 1. The van der Waals surface area contributed by atoms with E-state index in [4.69, 9.17) is 0 Å². The zero-order chi connectivity index (χ0) is 16.4. The van der Waals surface area contributed by atoms with Gasteiger partial charge in [-0.2, -0.15) is 5.10 Å². The number of rotatable bonds is 3. The third-order valence-electron chi connectivity index (χ3n) is 4.53. The Kier molecular flexibility index (Phi) is 3.83. The molecule has 1 saturated heterocycles. The van der Waals surface area contributed by atoms with Crippen molar-refractivity contribution in [3.63, 3.8) is 0 Å². The Morgan fingerprint density at radius 1 is 1.12 bits per heavy atom. The second kappa shape index (κ2) is 6.28. The van der Waals surface area contributed by atoms with Gasteiger partial charge in [0.1, 0.15) is 0 Å². The Bertz CT molecular complexity index is 829. The van der Waals surface area contributed by atoms with E-state index in [1.165, 1.54) is 0 Å². The van der Waals surface area contributed by atoms with Crippen molar-refractivity contribution in [1.29, 1.82) is 0 Å². The summed E-state index contributed by atoms with van der Waals surface area (Å²) in [6.45, 7) is 0.771. The highest BCUT2D eigenvalue weighted by Crippen LogP contribution is 2.37. The lowest BCUT2D eigenvalue weighted by Gasteiger charge is -2.25.